The summed E-state index contributed by atoms with van der Waals surface area (Å²) >= 11 is 1.53. The minimum atomic E-state index is 0.820. The van der Waals surface area contributed by atoms with Crippen molar-refractivity contribution in [2.24, 2.45) is 0 Å². The number of aromatic nitrogens is 4. The first-order valence-electron chi connectivity index (χ1n) is 3.58. The van der Waals surface area contributed by atoms with Gasteiger partial charge in [0, 0.05) is 6.20 Å². The monoisotopic (exact) mass is 180 g/mol. The van der Waals surface area contributed by atoms with Crippen LogP contribution in [0, 0.1) is 13.8 Å². The van der Waals surface area contributed by atoms with Gasteiger partial charge in [0.05, 0.1) is 5.69 Å². The van der Waals surface area contributed by atoms with E-state index in [2.05, 4.69) is 15.3 Å². The molecule has 2 aromatic rings. The molecule has 0 fully saturated rings. The minimum absolute atomic E-state index is 0.820. The van der Waals surface area contributed by atoms with Gasteiger partial charge in [0.1, 0.15) is 5.01 Å². The summed E-state index contributed by atoms with van der Waals surface area (Å²) in [5.74, 6) is 0. The van der Waals surface area contributed by atoms with Crippen molar-refractivity contribution in [3.63, 3.8) is 0 Å². The number of rotatable bonds is 1. The molecule has 5 heteroatoms. The van der Waals surface area contributed by atoms with E-state index in [1.165, 1.54) is 11.3 Å². The lowest BCUT2D eigenvalue weighted by Crippen LogP contribution is -1.93. The van der Waals surface area contributed by atoms with E-state index >= 15 is 0 Å². The Morgan fingerprint density at radius 2 is 2.17 bits per heavy atom. The smallest absolute Gasteiger partial charge is 0.212 e. The predicted octanol–water partition coefficient (Wildman–Crippen LogP) is 1.34. The van der Waals surface area contributed by atoms with Crippen LogP contribution in [0.3, 0.4) is 0 Å². The zero-order chi connectivity index (χ0) is 8.55. The zero-order valence-electron chi connectivity index (χ0n) is 6.85. The summed E-state index contributed by atoms with van der Waals surface area (Å²) in [6.45, 7) is 3.88. The highest BCUT2D eigenvalue weighted by molar-refractivity contribution is 7.13. The van der Waals surface area contributed by atoms with Crippen LogP contribution in [0.2, 0.25) is 0 Å². The molecule has 0 aliphatic heterocycles. The van der Waals surface area contributed by atoms with Gasteiger partial charge in [-0.25, -0.2) is 4.68 Å². The SMILES string of the molecule is Cc1ccn(-c2nnc(C)s2)n1. The van der Waals surface area contributed by atoms with Crippen LogP contribution in [0.5, 0.6) is 0 Å². The topological polar surface area (TPSA) is 43.6 Å². The summed E-state index contributed by atoms with van der Waals surface area (Å²) in [5.41, 5.74) is 0.989. The molecule has 12 heavy (non-hydrogen) atoms. The fourth-order valence-corrected chi connectivity index (χ4v) is 1.52. The molecule has 0 spiro atoms. The fourth-order valence-electron chi connectivity index (χ4n) is 0.900. The quantitative estimate of drug-likeness (QED) is 0.665. The Labute approximate surface area is 73.9 Å². The molecule has 62 valence electrons. The van der Waals surface area contributed by atoms with E-state index in [0.29, 0.717) is 0 Å². The molecule has 0 aliphatic rings. The van der Waals surface area contributed by atoms with E-state index < -0.39 is 0 Å². The van der Waals surface area contributed by atoms with Crippen LogP contribution in [0.1, 0.15) is 10.7 Å². The van der Waals surface area contributed by atoms with Gasteiger partial charge in [-0.3, -0.25) is 0 Å². The van der Waals surface area contributed by atoms with Crippen molar-refractivity contribution >= 4 is 11.3 Å². The molecule has 2 heterocycles. The van der Waals surface area contributed by atoms with Gasteiger partial charge in [-0.15, -0.1) is 10.2 Å². The van der Waals surface area contributed by atoms with E-state index in [1.54, 1.807) is 4.68 Å². The Kier molecular flexibility index (Phi) is 1.65. The van der Waals surface area contributed by atoms with Gasteiger partial charge in [0.15, 0.2) is 0 Å². The third-order valence-corrected chi connectivity index (χ3v) is 2.26. The Morgan fingerprint density at radius 3 is 2.67 bits per heavy atom. The van der Waals surface area contributed by atoms with Crippen molar-refractivity contribution in [3.05, 3.63) is 23.0 Å². The maximum atomic E-state index is 4.22. The summed E-state index contributed by atoms with van der Waals surface area (Å²) in [6.07, 6.45) is 1.88. The number of aryl methyl sites for hydroxylation is 2. The van der Waals surface area contributed by atoms with Crippen molar-refractivity contribution in [2.45, 2.75) is 13.8 Å². The van der Waals surface area contributed by atoms with Gasteiger partial charge in [-0.05, 0) is 19.9 Å². The predicted molar refractivity (Wildman–Crippen MR) is 46.5 cm³/mol. The Morgan fingerprint density at radius 1 is 1.33 bits per heavy atom. The van der Waals surface area contributed by atoms with Crippen LogP contribution in [-0.4, -0.2) is 20.0 Å². The molecule has 0 saturated carbocycles. The Bertz CT molecular complexity index is 351. The second kappa shape index (κ2) is 2.67. The van der Waals surface area contributed by atoms with Crippen molar-refractivity contribution in [3.8, 4) is 5.13 Å². The fraction of sp³-hybridized carbons (Fsp3) is 0.286. The van der Waals surface area contributed by atoms with Gasteiger partial charge in [-0.2, -0.15) is 5.10 Å². The number of hydrogen-bond donors (Lipinski definition) is 0. The van der Waals surface area contributed by atoms with Gasteiger partial charge >= 0.3 is 0 Å². The van der Waals surface area contributed by atoms with Crippen LogP contribution < -0.4 is 0 Å². The molecule has 0 N–H and O–H groups in total. The lowest BCUT2D eigenvalue weighted by molar-refractivity contribution is 0.831. The first-order chi connectivity index (χ1) is 5.75. The molecule has 0 aliphatic carbocycles. The highest BCUT2D eigenvalue weighted by Gasteiger charge is 2.02. The van der Waals surface area contributed by atoms with Crippen molar-refractivity contribution in [1.29, 1.82) is 0 Å². The Hall–Kier alpha value is -1.23. The van der Waals surface area contributed by atoms with Crippen LogP contribution in [0.25, 0.3) is 5.13 Å². The van der Waals surface area contributed by atoms with Crippen LogP contribution in [0.15, 0.2) is 12.3 Å². The number of hydrogen-bond acceptors (Lipinski definition) is 4. The lowest BCUT2D eigenvalue weighted by Gasteiger charge is -1.89. The molecular weight excluding hydrogens is 172 g/mol. The van der Waals surface area contributed by atoms with Gasteiger partial charge < -0.3 is 0 Å². The molecule has 0 saturated heterocycles. The van der Waals surface area contributed by atoms with E-state index in [1.807, 2.05) is 26.1 Å². The standard InChI is InChI=1S/C7H8N4S/c1-5-3-4-11(10-5)7-9-8-6(2)12-7/h3-4H,1-2H3. The molecule has 0 unspecified atom stereocenters. The summed E-state index contributed by atoms with van der Waals surface area (Å²) in [7, 11) is 0. The van der Waals surface area contributed by atoms with Gasteiger partial charge in [-0.1, -0.05) is 11.3 Å². The average Bonchev–Trinajstić information content (AvgIpc) is 2.58. The van der Waals surface area contributed by atoms with Crippen LogP contribution in [-0.2, 0) is 0 Å². The molecule has 0 aromatic carbocycles. The lowest BCUT2D eigenvalue weighted by atomic mass is 10.5. The third kappa shape index (κ3) is 1.23. The summed E-state index contributed by atoms with van der Waals surface area (Å²) in [5, 5.41) is 13.9. The maximum absolute atomic E-state index is 4.22. The molecular formula is C7H8N4S. The van der Waals surface area contributed by atoms with Crippen LogP contribution >= 0.6 is 11.3 Å². The van der Waals surface area contributed by atoms with E-state index in [-0.39, 0.29) is 0 Å². The first kappa shape index (κ1) is 7.42. The summed E-state index contributed by atoms with van der Waals surface area (Å²) in [4.78, 5) is 0. The Balaban J connectivity index is 2.43. The third-order valence-electron chi connectivity index (χ3n) is 1.43. The highest BCUT2D eigenvalue weighted by atomic mass is 32.1. The molecule has 4 nitrogen and oxygen atoms in total. The number of nitrogens with zero attached hydrogens (tertiary/aromatic N) is 4. The van der Waals surface area contributed by atoms with E-state index in [0.717, 1.165) is 15.8 Å². The van der Waals surface area contributed by atoms with Gasteiger partial charge in [0.2, 0.25) is 5.13 Å². The highest BCUT2D eigenvalue weighted by Crippen LogP contribution is 2.12. The van der Waals surface area contributed by atoms with E-state index in [4.69, 9.17) is 0 Å². The molecule has 0 amide bonds. The first-order valence-corrected chi connectivity index (χ1v) is 4.40. The second-order valence-corrected chi connectivity index (χ2v) is 3.67. The zero-order valence-corrected chi connectivity index (χ0v) is 7.67. The minimum Gasteiger partial charge on any atom is -0.212 e. The summed E-state index contributed by atoms with van der Waals surface area (Å²) < 4.78 is 1.74. The van der Waals surface area contributed by atoms with Crippen molar-refractivity contribution < 1.29 is 0 Å². The maximum Gasteiger partial charge on any atom is 0.232 e. The largest absolute Gasteiger partial charge is 0.232 e. The second-order valence-electron chi connectivity index (χ2n) is 2.51. The normalized spacial score (nSPS) is 10.5. The molecule has 2 rings (SSSR count). The van der Waals surface area contributed by atoms with Crippen molar-refractivity contribution in [1.82, 2.24) is 20.0 Å². The molecule has 2 aromatic heterocycles. The molecule has 0 radical (unpaired) electrons. The molecule has 0 bridgehead atoms. The van der Waals surface area contributed by atoms with Crippen molar-refractivity contribution in [2.75, 3.05) is 0 Å². The molecule has 0 atom stereocenters. The average molecular weight is 180 g/mol. The van der Waals surface area contributed by atoms with E-state index in [9.17, 15) is 0 Å². The van der Waals surface area contributed by atoms with Gasteiger partial charge in [0.25, 0.3) is 0 Å². The van der Waals surface area contributed by atoms with Crippen LogP contribution in [0.4, 0.5) is 0 Å². The summed E-state index contributed by atoms with van der Waals surface area (Å²) in [6, 6.07) is 1.94.